The van der Waals surface area contributed by atoms with Crippen LogP contribution in [0.4, 0.5) is 0 Å². The first kappa shape index (κ1) is 17.0. The van der Waals surface area contributed by atoms with Crippen LogP contribution in [0.3, 0.4) is 0 Å². The van der Waals surface area contributed by atoms with E-state index in [9.17, 15) is 4.79 Å². The molecule has 1 aliphatic carbocycles. The van der Waals surface area contributed by atoms with Crippen molar-refractivity contribution in [3.8, 4) is 29.6 Å². The summed E-state index contributed by atoms with van der Waals surface area (Å²) in [6, 6.07) is 3.43. The Labute approximate surface area is 137 Å². The van der Waals surface area contributed by atoms with Gasteiger partial charge in [-0.05, 0) is 37.8 Å². The molecule has 5 heteroatoms. The van der Waals surface area contributed by atoms with Crippen molar-refractivity contribution in [3.63, 3.8) is 0 Å². The number of ether oxygens (including phenoxy) is 3. The molecule has 5 nitrogen and oxygen atoms in total. The van der Waals surface area contributed by atoms with Gasteiger partial charge in [-0.15, -0.1) is 6.42 Å². The molecule has 23 heavy (non-hydrogen) atoms. The Hall–Kier alpha value is -2.35. The van der Waals surface area contributed by atoms with E-state index in [2.05, 4.69) is 11.2 Å². The van der Waals surface area contributed by atoms with Crippen LogP contribution in [0.25, 0.3) is 0 Å². The standard InChI is InChI=1S/C18H23NO4/c1-5-9-23-17-15(21-3)10-14(11-16(17)22-4)18(20)19-12(2)13-7-6-8-13/h1,10-13H,6-9H2,2-4H3,(H,19,20). The molecule has 124 valence electrons. The van der Waals surface area contributed by atoms with Crippen LogP contribution in [0, 0.1) is 18.3 Å². The van der Waals surface area contributed by atoms with E-state index >= 15 is 0 Å². The molecule has 0 saturated heterocycles. The van der Waals surface area contributed by atoms with E-state index in [-0.39, 0.29) is 18.6 Å². The number of carbonyl (C=O) groups is 1. The van der Waals surface area contributed by atoms with Gasteiger partial charge in [-0.1, -0.05) is 12.3 Å². The topological polar surface area (TPSA) is 56.8 Å². The fourth-order valence-electron chi connectivity index (χ4n) is 2.61. The fraction of sp³-hybridized carbons (Fsp3) is 0.500. The third-order valence-electron chi connectivity index (χ3n) is 4.24. The molecule has 0 heterocycles. The maximum Gasteiger partial charge on any atom is 0.251 e. The van der Waals surface area contributed by atoms with Crippen molar-refractivity contribution in [2.75, 3.05) is 20.8 Å². The number of hydrogen-bond acceptors (Lipinski definition) is 4. The quantitative estimate of drug-likeness (QED) is 0.786. The maximum absolute atomic E-state index is 12.5. The molecule has 1 unspecified atom stereocenters. The highest BCUT2D eigenvalue weighted by molar-refractivity contribution is 5.95. The van der Waals surface area contributed by atoms with Crippen LogP contribution in [0.15, 0.2) is 12.1 Å². The Morgan fingerprint density at radius 3 is 2.39 bits per heavy atom. The van der Waals surface area contributed by atoms with Crippen molar-refractivity contribution in [2.24, 2.45) is 5.92 Å². The number of carbonyl (C=O) groups excluding carboxylic acids is 1. The summed E-state index contributed by atoms with van der Waals surface area (Å²) in [7, 11) is 3.02. The Bertz CT molecular complexity index is 577. The number of terminal acetylenes is 1. The van der Waals surface area contributed by atoms with Gasteiger partial charge < -0.3 is 19.5 Å². The second-order valence-electron chi connectivity index (χ2n) is 5.66. The Morgan fingerprint density at radius 2 is 1.96 bits per heavy atom. The number of rotatable bonds is 7. The molecule has 1 atom stereocenters. The highest BCUT2D eigenvalue weighted by atomic mass is 16.5. The van der Waals surface area contributed by atoms with E-state index in [4.69, 9.17) is 20.6 Å². The Balaban J connectivity index is 2.21. The zero-order chi connectivity index (χ0) is 16.8. The molecule has 1 aromatic carbocycles. The molecule has 1 aliphatic rings. The third kappa shape index (κ3) is 3.89. The van der Waals surface area contributed by atoms with Gasteiger partial charge in [-0.25, -0.2) is 0 Å². The van der Waals surface area contributed by atoms with Crippen LogP contribution >= 0.6 is 0 Å². The van der Waals surface area contributed by atoms with Crippen molar-refractivity contribution in [3.05, 3.63) is 17.7 Å². The molecule has 1 saturated carbocycles. The lowest BCUT2D eigenvalue weighted by atomic mass is 9.80. The molecule has 0 bridgehead atoms. The van der Waals surface area contributed by atoms with E-state index in [0.29, 0.717) is 28.7 Å². The first-order chi connectivity index (χ1) is 11.1. The van der Waals surface area contributed by atoms with E-state index in [1.54, 1.807) is 12.1 Å². The molecule has 1 amide bonds. The molecule has 0 aromatic heterocycles. The Morgan fingerprint density at radius 1 is 1.35 bits per heavy atom. The summed E-state index contributed by atoms with van der Waals surface area (Å²) in [5.74, 6) is 4.05. The van der Waals surface area contributed by atoms with Crippen molar-refractivity contribution in [2.45, 2.75) is 32.2 Å². The number of benzene rings is 1. The summed E-state index contributed by atoms with van der Waals surface area (Å²) < 4.78 is 16.1. The lowest BCUT2D eigenvalue weighted by molar-refractivity contribution is 0.0908. The molecule has 1 fully saturated rings. The lowest BCUT2D eigenvalue weighted by Gasteiger charge is -2.31. The maximum atomic E-state index is 12.5. The van der Waals surface area contributed by atoms with Crippen LogP contribution in [0.5, 0.6) is 17.2 Å². The van der Waals surface area contributed by atoms with Gasteiger partial charge in [-0.2, -0.15) is 0 Å². The van der Waals surface area contributed by atoms with Gasteiger partial charge in [0.05, 0.1) is 14.2 Å². The first-order valence-electron chi connectivity index (χ1n) is 7.73. The van der Waals surface area contributed by atoms with Gasteiger partial charge in [0.1, 0.15) is 6.61 Å². The van der Waals surface area contributed by atoms with Crippen LogP contribution in [-0.4, -0.2) is 32.8 Å². The predicted octanol–water partition coefficient (Wildman–Crippen LogP) is 2.63. The summed E-state index contributed by atoms with van der Waals surface area (Å²) in [5, 5.41) is 3.04. The van der Waals surface area contributed by atoms with Crippen LogP contribution in [-0.2, 0) is 0 Å². The minimum atomic E-state index is -0.149. The molecule has 2 rings (SSSR count). The first-order valence-corrected chi connectivity index (χ1v) is 7.73. The minimum absolute atomic E-state index is 0.0942. The molecular formula is C18H23NO4. The fourth-order valence-corrected chi connectivity index (χ4v) is 2.61. The molecule has 0 spiro atoms. The number of amides is 1. The third-order valence-corrected chi connectivity index (χ3v) is 4.24. The largest absolute Gasteiger partial charge is 0.493 e. The molecule has 1 aromatic rings. The lowest BCUT2D eigenvalue weighted by Crippen LogP contribution is -2.40. The van der Waals surface area contributed by atoms with Crippen molar-refractivity contribution < 1.29 is 19.0 Å². The average Bonchev–Trinajstić information content (AvgIpc) is 2.50. The molecule has 0 radical (unpaired) electrons. The summed E-state index contributed by atoms with van der Waals surface area (Å²) in [4.78, 5) is 12.5. The summed E-state index contributed by atoms with van der Waals surface area (Å²) in [5.41, 5.74) is 0.470. The smallest absolute Gasteiger partial charge is 0.251 e. The monoisotopic (exact) mass is 317 g/mol. The van der Waals surface area contributed by atoms with Crippen LogP contribution in [0.2, 0.25) is 0 Å². The van der Waals surface area contributed by atoms with Gasteiger partial charge in [0.2, 0.25) is 5.75 Å². The van der Waals surface area contributed by atoms with Gasteiger partial charge in [0.15, 0.2) is 11.5 Å². The normalized spacial score (nSPS) is 15.0. The second kappa shape index (κ2) is 7.77. The molecule has 0 aliphatic heterocycles. The van der Waals surface area contributed by atoms with Gasteiger partial charge in [0, 0.05) is 11.6 Å². The zero-order valence-electron chi connectivity index (χ0n) is 13.8. The van der Waals surface area contributed by atoms with Crippen LogP contribution < -0.4 is 19.5 Å². The number of nitrogens with one attached hydrogen (secondary N) is 1. The van der Waals surface area contributed by atoms with E-state index in [1.165, 1.54) is 33.5 Å². The summed E-state index contributed by atoms with van der Waals surface area (Å²) in [6.07, 6.45) is 8.81. The minimum Gasteiger partial charge on any atom is -0.493 e. The number of methoxy groups -OCH3 is 2. The highest BCUT2D eigenvalue weighted by Gasteiger charge is 2.26. The van der Waals surface area contributed by atoms with E-state index in [0.717, 1.165) is 0 Å². The number of hydrogen-bond donors (Lipinski definition) is 1. The Kier molecular flexibility index (Phi) is 5.75. The predicted molar refractivity (Wildman–Crippen MR) is 88.1 cm³/mol. The second-order valence-corrected chi connectivity index (χ2v) is 5.66. The van der Waals surface area contributed by atoms with Crippen molar-refractivity contribution in [1.29, 1.82) is 0 Å². The SMILES string of the molecule is C#CCOc1c(OC)cc(C(=O)NC(C)C2CCC2)cc1OC. The zero-order valence-corrected chi connectivity index (χ0v) is 13.8. The van der Waals surface area contributed by atoms with Gasteiger partial charge in [0.25, 0.3) is 5.91 Å². The van der Waals surface area contributed by atoms with E-state index in [1.807, 2.05) is 6.92 Å². The van der Waals surface area contributed by atoms with E-state index < -0.39 is 0 Å². The highest BCUT2D eigenvalue weighted by Crippen LogP contribution is 2.38. The van der Waals surface area contributed by atoms with Gasteiger partial charge in [-0.3, -0.25) is 4.79 Å². The molecule has 1 N–H and O–H groups in total. The summed E-state index contributed by atoms with van der Waals surface area (Å²) in [6.45, 7) is 2.14. The van der Waals surface area contributed by atoms with Crippen molar-refractivity contribution in [1.82, 2.24) is 5.32 Å². The average molecular weight is 317 g/mol. The van der Waals surface area contributed by atoms with Crippen molar-refractivity contribution >= 4 is 5.91 Å². The molecular weight excluding hydrogens is 294 g/mol. The van der Waals surface area contributed by atoms with Gasteiger partial charge >= 0.3 is 0 Å². The van der Waals surface area contributed by atoms with Crippen LogP contribution in [0.1, 0.15) is 36.5 Å². The summed E-state index contributed by atoms with van der Waals surface area (Å²) >= 11 is 0.